The molecule has 0 bridgehead atoms. The molecule has 1 aromatic heterocycles. The minimum atomic E-state index is -0.655. The zero-order valence-electron chi connectivity index (χ0n) is 12.7. The van der Waals surface area contributed by atoms with Crippen molar-refractivity contribution in [1.29, 1.82) is 0 Å². The van der Waals surface area contributed by atoms with Crippen LogP contribution in [0.15, 0.2) is 27.2 Å². The van der Waals surface area contributed by atoms with Crippen LogP contribution in [0.4, 0.5) is 0 Å². The molecule has 0 aliphatic carbocycles. The summed E-state index contributed by atoms with van der Waals surface area (Å²) < 4.78 is 1.05. The van der Waals surface area contributed by atoms with Crippen LogP contribution in [0.1, 0.15) is 24.8 Å². The molecule has 22 heavy (non-hydrogen) atoms. The molecule has 1 aliphatic rings. The Morgan fingerprint density at radius 3 is 2.73 bits per heavy atom. The lowest BCUT2D eigenvalue weighted by atomic mass is 10.1. The fraction of sp³-hybridized carbons (Fsp3) is 0.533. The van der Waals surface area contributed by atoms with E-state index < -0.39 is 11.2 Å². The average molecular weight is 307 g/mol. The van der Waals surface area contributed by atoms with E-state index in [2.05, 4.69) is 16.6 Å². The molecule has 0 amide bonds. The number of piperidine rings is 1. The molecule has 1 aliphatic heterocycles. The van der Waals surface area contributed by atoms with E-state index in [0.717, 1.165) is 11.1 Å². The number of rotatable bonds is 6. The second-order valence-electron chi connectivity index (χ2n) is 5.49. The standard InChI is InChI=1S/C15H22N4O3/c1-2-7-19-14(21)12(13(20)17-15(19)22)11-16-6-10-18-8-4-3-5-9-18/h2,11,21H,1,3-10H2,(H,17,20,22)/p+1. The normalized spacial score (nSPS) is 16.2. The van der Waals surface area contributed by atoms with Gasteiger partial charge >= 0.3 is 5.69 Å². The monoisotopic (exact) mass is 307 g/mol. The quantitative estimate of drug-likeness (QED) is 0.461. The summed E-state index contributed by atoms with van der Waals surface area (Å²) in [6, 6.07) is 0. The molecule has 0 saturated carbocycles. The Balaban J connectivity index is 2.06. The topological polar surface area (TPSA) is 91.9 Å². The molecule has 120 valence electrons. The number of nitrogens with one attached hydrogen (secondary N) is 2. The first-order chi connectivity index (χ1) is 10.6. The molecule has 1 aromatic rings. The lowest BCUT2D eigenvalue weighted by molar-refractivity contribution is -0.903. The lowest BCUT2D eigenvalue weighted by Crippen LogP contribution is -3.13. The van der Waals surface area contributed by atoms with Crippen LogP contribution in [-0.2, 0) is 6.54 Å². The number of allylic oxidation sites excluding steroid dienone is 1. The van der Waals surface area contributed by atoms with Crippen molar-refractivity contribution in [2.24, 2.45) is 4.99 Å². The maximum Gasteiger partial charge on any atom is 0.331 e. The SMILES string of the molecule is C=CCn1c(O)c(C=NCC[NH+]2CCCCC2)c(=O)[nH]c1=O. The van der Waals surface area contributed by atoms with Gasteiger partial charge in [-0.3, -0.25) is 19.3 Å². The molecule has 0 radical (unpaired) electrons. The van der Waals surface area contributed by atoms with E-state index in [1.807, 2.05) is 0 Å². The highest BCUT2D eigenvalue weighted by atomic mass is 16.3. The van der Waals surface area contributed by atoms with Crippen LogP contribution in [0.3, 0.4) is 0 Å². The Bertz CT molecular complexity index is 654. The van der Waals surface area contributed by atoms with Gasteiger partial charge in [0, 0.05) is 12.8 Å². The predicted octanol–water partition coefficient (Wildman–Crippen LogP) is -1.08. The van der Waals surface area contributed by atoms with Crippen molar-refractivity contribution in [3.63, 3.8) is 0 Å². The number of H-pyrrole nitrogens is 1. The van der Waals surface area contributed by atoms with Gasteiger partial charge in [0.15, 0.2) is 0 Å². The van der Waals surface area contributed by atoms with E-state index in [0.29, 0.717) is 6.54 Å². The molecule has 0 atom stereocenters. The van der Waals surface area contributed by atoms with Crippen LogP contribution < -0.4 is 16.1 Å². The smallest absolute Gasteiger partial charge is 0.331 e. The van der Waals surface area contributed by atoms with Gasteiger partial charge in [-0.25, -0.2) is 4.79 Å². The van der Waals surface area contributed by atoms with Crippen molar-refractivity contribution >= 4 is 6.21 Å². The number of likely N-dealkylation sites (tertiary alicyclic amines) is 1. The summed E-state index contributed by atoms with van der Waals surface area (Å²) >= 11 is 0. The van der Waals surface area contributed by atoms with Gasteiger partial charge in [-0.05, 0) is 19.3 Å². The van der Waals surface area contributed by atoms with Gasteiger partial charge < -0.3 is 10.0 Å². The van der Waals surface area contributed by atoms with Crippen LogP contribution in [-0.4, -0.2) is 47.1 Å². The maximum absolute atomic E-state index is 11.8. The highest BCUT2D eigenvalue weighted by molar-refractivity contribution is 5.81. The minimum absolute atomic E-state index is 0.00935. The second-order valence-corrected chi connectivity index (χ2v) is 5.49. The molecule has 1 fully saturated rings. The van der Waals surface area contributed by atoms with Gasteiger partial charge in [-0.1, -0.05) is 6.08 Å². The van der Waals surface area contributed by atoms with E-state index in [4.69, 9.17) is 0 Å². The Kier molecular flexibility index (Phi) is 5.71. The highest BCUT2D eigenvalue weighted by Gasteiger charge is 2.13. The van der Waals surface area contributed by atoms with E-state index in [9.17, 15) is 14.7 Å². The predicted molar refractivity (Wildman–Crippen MR) is 85.1 cm³/mol. The maximum atomic E-state index is 11.8. The van der Waals surface area contributed by atoms with Crippen molar-refractivity contribution in [3.05, 3.63) is 39.1 Å². The second kappa shape index (κ2) is 7.74. The number of hydrogen-bond donors (Lipinski definition) is 3. The third kappa shape index (κ3) is 3.94. The fourth-order valence-electron chi connectivity index (χ4n) is 2.67. The summed E-state index contributed by atoms with van der Waals surface area (Å²) in [4.78, 5) is 31.3. The molecular weight excluding hydrogens is 284 g/mol. The zero-order chi connectivity index (χ0) is 15.9. The summed E-state index contributed by atoms with van der Waals surface area (Å²) in [5.41, 5.74) is -1.27. The van der Waals surface area contributed by atoms with Crippen molar-refractivity contribution in [3.8, 4) is 5.88 Å². The van der Waals surface area contributed by atoms with Crippen molar-refractivity contribution < 1.29 is 10.0 Å². The molecule has 0 unspecified atom stereocenters. The molecule has 3 N–H and O–H groups in total. The molecular formula is C15H23N4O3+. The van der Waals surface area contributed by atoms with Crippen LogP contribution in [0.2, 0.25) is 0 Å². The third-order valence-electron chi connectivity index (χ3n) is 3.89. The first-order valence-corrected chi connectivity index (χ1v) is 7.64. The highest BCUT2D eigenvalue weighted by Crippen LogP contribution is 2.07. The molecule has 0 spiro atoms. The zero-order valence-corrected chi connectivity index (χ0v) is 12.7. The summed E-state index contributed by atoms with van der Waals surface area (Å²) in [5.74, 6) is -0.372. The van der Waals surface area contributed by atoms with Crippen molar-refractivity contribution in [1.82, 2.24) is 9.55 Å². The van der Waals surface area contributed by atoms with Gasteiger partial charge in [0.2, 0.25) is 5.88 Å². The number of nitrogens with zero attached hydrogens (tertiary/aromatic N) is 2. The Morgan fingerprint density at radius 2 is 2.05 bits per heavy atom. The van der Waals surface area contributed by atoms with Gasteiger partial charge in [-0.15, -0.1) is 6.58 Å². The largest absolute Gasteiger partial charge is 0.494 e. The number of aromatic hydroxyl groups is 1. The summed E-state index contributed by atoms with van der Waals surface area (Å²) in [6.07, 6.45) is 6.63. The van der Waals surface area contributed by atoms with E-state index in [-0.39, 0.29) is 18.0 Å². The third-order valence-corrected chi connectivity index (χ3v) is 3.89. The van der Waals surface area contributed by atoms with Crippen LogP contribution in [0, 0.1) is 0 Å². The Morgan fingerprint density at radius 1 is 1.32 bits per heavy atom. The number of aromatic nitrogens is 2. The van der Waals surface area contributed by atoms with Gasteiger partial charge in [-0.2, -0.15) is 0 Å². The van der Waals surface area contributed by atoms with Gasteiger partial charge in [0.05, 0.1) is 26.2 Å². The first kappa shape index (κ1) is 16.2. The van der Waals surface area contributed by atoms with Gasteiger partial charge in [0.1, 0.15) is 5.56 Å². The van der Waals surface area contributed by atoms with E-state index in [1.165, 1.54) is 49.5 Å². The van der Waals surface area contributed by atoms with Crippen molar-refractivity contribution in [2.45, 2.75) is 25.8 Å². The lowest BCUT2D eigenvalue weighted by Gasteiger charge is -2.22. The van der Waals surface area contributed by atoms with Crippen LogP contribution in [0.5, 0.6) is 5.88 Å². The summed E-state index contributed by atoms with van der Waals surface area (Å²) in [5, 5.41) is 10.0. The van der Waals surface area contributed by atoms with Crippen LogP contribution >= 0.6 is 0 Å². The number of quaternary nitrogens is 1. The first-order valence-electron chi connectivity index (χ1n) is 7.64. The summed E-state index contributed by atoms with van der Waals surface area (Å²) in [6.45, 7) is 7.50. The van der Waals surface area contributed by atoms with Crippen molar-refractivity contribution in [2.75, 3.05) is 26.2 Å². The molecule has 1 saturated heterocycles. The Labute approximate surface area is 128 Å². The minimum Gasteiger partial charge on any atom is -0.494 e. The van der Waals surface area contributed by atoms with Gasteiger partial charge in [0.25, 0.3) is 5.56 Å². The Hall–Kier alpha value is -2.15. The molecule has 2 rings (SSSR count). The van der Waals surface area contributed by atoms with E-state index >= 15 is 0 Å². The number of aliphatic imine (C=N–C) groups is 1. The fourth-order valence-corrected chi connectivity index (χ4v) is 2.67. The van der Waals surface area contributed by atoms with E-state index in [1.54, 1.807) is 0 Å². The van der Waals surface area contributed by atoms with Crippen LogP contribution in [0.25, 0.3) is 0 Å². The molecule has 7 heteroatoms. The average Bonchev–Trinajstić information content (AvgIpc) is 2.51. The summed E-state index contributed by atoms with van der Waals surface area (Å²) in [7, 11) is 0. The molecule has 7 nitrogen and oxygen atoms in total. The number of hydrogen-bond acceptors (Lipinski definition) is 4. The molecule has 0 aromatic carbocycles. The number of aromatic amines is 1. The molecule has 2 heterocycles.